The Morgan fingerprint density at radius 1 is 0.933 bits per heavy atom. The Kier molecular flexibility index (Phi) is 6.87. The summed E-state index contributed by atoms with van der Waals surface area (Å²) in [6, 6.07) is 20.5. The molecule has 160 valence electrons. The van der Waals surface area contributed by atoms with Gasteiger partial charge in [0.1, 0.15) is 0 Å². The van der Waals surface area contributed by atoms with Gasteiger partial charge in [0.2, 0.25) is 0 Å². The molecule has 2 aromatic rings. The maximum atomic E-state index is 5.55. The van der Waals surface area contributed by atoms with Gasteiger partial charge < -0.3 is 16.0 Å². The van der Waals surface area contributed by atoms with Crippen LogP contribution < -0.4 is 16.0 Å². The summed E-state index contributed by atoms with van der Waals surface area (Å²) in [7, 11) is 0. The lowest BCUT2D eigenvalue weighted by molar-refractivity contribution is 0.0840. The van der Waals surface area contributed by atoms with Crippen LogP contribution >= 0.6 is 12.2 Å². The predicted octanol–water partition coefficient (Wildman–Crippen LogP) is 3.69. The van der Waals surface area contributed by atoms with Crippen LogP contribution in [0, 0.1) is 0 Å². The number of piperazine rings is 1. The molecule has 2 aromatic carbocycles. The van der Waals surface area contributed by atoms with Gasteiger partial charge in [-0.3, -0.25) is 9.80 Å². The van der Waals surface area contributed by atoms with Crippen molar-refractivity contribution in [2.24, 2.45) is 5.73 Å². The van der Waals surface area contributed by atoms with E-state index in [0.29, 0.717) is 11.2 Å². The molecule has 2 saturated heterocycles. The Balaban J connectivity index is 1.25. The normalized spacial score (nSPS) is 20.1. The highest BCUT2D eigenvalue weighted by Crippen LogP contribution is 2.27. The second kappa shape index (κ2) is 9.77. The first-order valence-electron chi connectivity index (χ1n) is 11.0. The SMILES string of the molecule is CC(c1ccccc1)N1CCC(N2CCN(c3ccc(NC(N)=S)cc3)CC2)CC1. The zero-order valence-corrected chi connectivity index (χ0v) is 18.7. The van der Waals surface area contributed by atoms with E-state index in [4.69, 9.17) is 18.0 Å². The minimum absolute atomic E-state index is 0.306. The first kappa shape index (κ1) is 21.1. The van der Waals surface area contributed by atoms with Gasteiger partial charge in [0.25, 0.3) is 0 Å². The topological polar surface area (TPSA) is 47.8 Å². The molecule has 2 aliphatic rings. The molecular weight excluding hydrogens is 390 g/mol. The van der Waals surface area contributed by atoms with E-state index in [9.17, 15) is 0 Å². The molecule has 0 bridgehead atoms. The number of nitrogens with one attached hydrogen (secondary N) is 1. The number of hydrogen-bond donors (Lipinski definition) is 2. The maximum Gasteiger partial charge on any atom is 0.168 e. The van der Waals surface area contributed by atoms with E-state index in [1.165, 1.54) is 37.2 Å². The summed E-state index contributed by atoms with van der Waals surface area (Å²) in [5.41, 5.74) is 9.20. The number of benzene rings is 2. The van der Waals surface area contributed by atoms with Crippen molar-refractivity contribution < 1.29 is 0 Å². The van der Waals surface area contributed by atoms with Crippen LogP contribution in [0.2, 0.25) is 0 Å². The van der Waals surface area contributed by atoms with Crippen LogP contribution in [0.3, 0.4) is 0 Å². The minimum Gasteiger partial charge on any atom is -0.376 e. The largest absolute Gasteiger partial charge is 0.376 e. The van der Waals surface area contributed by atoms with Gasteiger partial charge in [0.15, 0.2) is 5.11 Å². The molecule has 2 heterocycles. The molecule has 3 N–H and O–H groups in total. The predicted molar refractivity (Wildman–Crippen MR) is 130 cm³/mol. The number of anilines is 2. The fourth-order valence-electron chi connectivity index (χ4n) is 4.82. The van der Waals surface area contributed by atoms with Gasteiger partial charge >= 0.3 is 0 Å². The van der Waals surface area contributed by atoms with Crippen molar-refractivity contribution >= 4 is 28.7 Å². The van der Waals surface area contributed by atoms with E-state index in [1.54, 1.807) is 0 Å². The van der Waals surface area contributed by atoms with Crippen molar-refractivity contribution in [3.63, 3.8) is 0 Å². The number of thiocarbonyl (C=S) groups is 1. The smallest absolute Gasteiger partial charge is 0.168 e. The molecule has 0 aliphatic carbocycles. The van der Waals surface area contributed by atoms with E-state index in [-0.39, 0.29) is 0 Å². The zero-order chi connectivity index (χ0) is 20.9. The number of nitrogens with two attached hydrogens (primary N) is 1. The third-order valence-electron chi connectivity index (χ3n) is 6.66. The molecular formula is C24H33N5S. The molecule has 0 saturated carbocycles. The van der Waals surface area contributed by atoms with Gasteiger partial charge in [0.05, 0.1) is 0 Å². The quantitative estimate of drug-likeness (QED) is 0.716. The van der Waals surface area contributed by atoms with Crippen LogP contribution in [0.1, 0.15) is 31.4 Å². The zero-order valence-electron chi connectivity index (χ0n) is 17.8. The van der Waals surface area contributed by atoms with Gasteiger partial charge in [0, 0.05) is 62.7 Å². The summed E-state index contributed by atoms with van der Waals surface area (Å²) in [6.07, 6.45) is 2.55. The minimum atomic E-state index is 0.306. The summed E-state index contributed by atoms with van der Waals surface area (Å²) >= 11 is 4.90. The van der Waals surface area contributed by atoms with Gasteiger partial charge in [-0.25, -0.2) is 0 Å². The van der Waals surface area contributed by atoms with Gasteiger partial charge in [-0.05, 0) is 61.8 Å². The Hall–Kier alpha value is -2.15. The van der Waals surface area contributed by atoms with E-state index in [1.807, 2.05) is 12.1 Å². The number of hydrogen-bond acceptors (Lipinski definition) is 4. The molecule has 1 unspecified atom stereocenters. The van der Waals surface area contributed by atoms with Crippen LogP contribution in [0.15, 0.2) is 54.6 Å². The van der Waals surface area contributed by atoms with Crippen molar-refractivity contribution in [1.29, 1.82) is 0 Å². The molecule has 30 heavy (non-hydrogen) atoms. The number of nitrogens with zero attached hydrogens (tertiary/aromatic N) is 3. The summed E-state index contributed by atoms with van der Waals surface area (Å²) in [4.78, 5) is 7.84. The fraction of sp³-hybridized carbons (Fsp3) is 0.458. The van der Waals surface area contributed by atoms with Crippen molar-refractivity contribution in [3.05, 3.63) is 60.2 Å². The van der Waals surface area contributed by atoms with Gasteiger partial charge in [-0.1, -0.05) is 30.3 Å². The summed E-state index contributed by atoms with van der Waals surface area (Å²) < 4.78 is 0. The second-order valence-corrected chi connectivity index (χ2v) is 8.85. The van der Waals surface area contributed by atoms with Crippen LogP contribution in [-0.4, -0.2) is 60.2 Å². The molecule has 5 nitrogen and oxygen atoms in total. The maximum absolute atomic E-state index is 5.55. The second-order valence-electron chi connectivity index (χ2n) is 8.41. The molecule has 6 heteroatoms. The molecule has 1 atom stereocenters. The number of piperidine rings is 1. The van der Waals surface area contributed by atoms with Crippen LogP contribution in [-0.2, 0) is 0 Å². The highest BCUT2D eigenvalue weighted by Gasteiger charge is 2.29. The fourth-order valence-corrected chi connectivity index (χ4v) is 4.94. The van der Waals surface area contributed by atoms with Gasteiger partial charge in [-0.2, -0.15) is 0 Å². The average Bonchev–Trinajstić information content (AvgIpc) is 2.80. The lowest BCUT2D eigenvalue weighted by Gasteiger charge is -2.44. The monoisotopic (exact) mass is 423 g/mol. The molecule has 4 rings (SSSR count). The van der Waals surface area contributed by atoms with Crippen molar-refractivity contribution in [2.45, 2.75) is 31.8 Å². The van der Waals surface area contributed by atoms with Crippen molar-refractivity contribution in [3.8, 4) is 0 Å². The Morgan fingerprint density at radius 2 is 1.57 bits per heavy atom. The Labute approximate surface area is 185 Å². The molecule has 0 aromatic heterocycles. The summed E-state index contributed by atoms with van der Waals surface area (Å²) in [5.74, 6) is 0. The van der Waals surface area contributed by atoms with Gasteiger partial charge in [-0.15, -0.1) is 0 Å². The van der Waals surface area contributed by atoms with Crippen molar-refractivity contribution in [2.75, 3.05) is 49.5 Å². The Bertz CT molecular complexity index is 809. The van der Waals surface area contributed by atoms with Crippen LogP contribution in [0.4, 0.5) is 11.4 Å². The van der Waals surface area contributed by atoms with E-state index < -0.39 is 0 Å². The van der Waals surface area contributed by atoms with E-state index in [0.717, 1.165) is 37.9 Å². The average molecular weight is 424 g/mol. The summed E-state index contributed by atoms with van der Waals surface area (Å²) in [5, 5.41) is 3.29. The molecule has 2 aliphatic heterocycles. The van der Waals surface area contributed by atoms with E-state index in [2.05, 4.69) is 69.4 Å². The van der Waals surface area contributed by atoms with E-state index >= 15 is 0 Å². The molecule has 0 amide bonds. The standard InChI is InChI=1S/C24H33N5S/c1-19(20-5-3-2-4-6-20)27-13-11-23(12-14-27)29-17-15-28(16-18-29)22-9-7-21(8-10-22)26-24(25)30/h2-10,19,23H,11-18H2,1H3,(H3,25,26,30). The Morgan fingerprint density at radius 3 is 2.17 bits per heavy atom. The third kappa shape index (κ3) is 5.12. The summed E-state index contributed by atoms with van der Waals surface area (Å²) in [6.45, 7) is 9.19. The van der Waals surface area contributed by atoms with Crippen LogP contribution in [0.25, 0.3) is 0 Å². The van der Waals surface area contributed by atoms with Crippen molar-refractivity contribution in [1.82, 2.24) is 9.80 Å². The third-order valence-corrected chi connectivity index (χ3v) is 6.76. The lowest BCUT2D eigenvalue weighted by atomic mass is 9.98. The number of rotatable bonds is 5. The first-order valence-corrected chi connectivity index (χ1v) is 11.5. The van der Waals surface area contributed by atoms with Crippen LogP contribution in [0.5, 0.6) is 0 Å². The highest BCUT2D eigenvalue weighted by molar-refractivity contribution is 7.80. The molecule has 0 spiro atoms. The lowest BCUT2D eigenvalue weighted by Crippen LogP contribution is -2.53. The highest BCUT2D eigenvalue weighted by atomic mass is 32.1. The molecule has 0 radical (unpaired) electrons. The molecule has 2 fully saturated rings. The number of likely N-dealkylation sites (tertiary alicyclic amines) is 1. The first-order chi connectivity index (χ1) is 14.6.